The molecule has 4 rings (SSSR count). The highest BCUT2D eigenvalue weighted by molar-refractivity contribution is 7.88. The Morgan fingerprint density at radius 1 is 1.10 bits per heavy atom. The van der Waals surface area contributed by atoms with E-state index in [2.05, 4.69) is 34.5 Å². The monoisotopic (exact) mass is 449 g/mol. The largest absolute Gasteiger partial charge is 0.350 e. The second-order valence-electron chi connectivity index (χ2n) is 9.90. The van der Waals surface area contributed by atoms with Gasteiger partial charge in [0.15, 0.2) is 0 Å². The van der Waals surface area contributed by atoms with E-state index in [4.69, 9.17) is 0 Å². The van der Waals surface area contributed by atoms with E-state index in [9.17, 15) is 13.2 Å². The zero-order valence-electron chi connectivity index (χ0n) is 19.0. The van der Waals surface area contributed by atoms with Crippen molar-refractivity contribution in [2.24, 2.45) is 5.92 Å². The van der Waals surface area contributed by atoms with Crippen molar-refractivity contribution < 1.29 is 14.6 Å². The second-order valence-corrected chi connectivity index (χ2v) is 11.9. The lowest BCUT2D eigenvalue weighted by Gasteiger charge is -2.47. The van der Waals surface area contributed by atoms with Crippen molar-refractivity contribution in [3.05, 3.63) is 35.4 Å². The molecule has 1 amide bonds. The third-order valence-electron chi connectivity index (χ3n) is 7.91. The Bertz CT molecular complexity index is 892. The zero-order chi connectivity index (χ0) is 22.1. The number of hydrogen-bond donors (Lipinski definition) is 1. The number of fused-ring (bicyclic) bond motifs is 2. The number of hydrogen-bond acceptors (Lipinski definition) is 4. The summed E-state index contributed by atoms with van der Waals surface area (Å²) in [4.78, 5) is 14.3. The Kier molecular flexibility index (Phi) is 6.75. The minimum Gasteiger partial charge on any atom is -0.350 e. The molecule has 2 saturated heterocycles. The number of carbonyl (C=O) groups is 1. The van der Waals surface area contributed by atoms with Crippen LogP contribution in [0.15, 0.2) is 24.3 Å². The van der Waals surface area contributed by atoms with Crippen molar-refractivity contribution in [1.29, 1.82) is 0 Å². The van der Waals surface area contributed by atoms with E-state index in [1.54, 1.807) is 11.2 Å². The molecule has 2 heterocycles. The highest BCUT2D eigenvalue weighted by Crippen LogP contribution is 2.48. The smallest absolute Gasteiger partial charge is 0.217 e. The molecule has 2 aliphatic heterocycles. The predicted molar refractivity (Wildman–Crippen MR) is 125 cm³/mol. The van der Waals surface area contributed by atoms with E-state index in [0.29, 0.717) is 19.0 Å². The van der Waals surface area contributed by atoms with Crippen molar-refractivity contribution in [3.63, 3.8) is 0 Å². The third kappa shape index (κ3) is 5.15. The molecule has 1 aliphatic carbocycles. The van der Waals surface area contributed by atoms with Crippen LogP contribution in [0.25, 0.3) is 0 Å². The number of sulfonamides is 1. The third-order valence-corrected chi connectivity index (χ3v) is 9.21. The van der Waals surface area contributed by atoms with Crippen molar-refractivity contribution in [1.82, 2.24) is 14.5 Å². The summed E-state index contributed by atoms with van der Waals surface area (Å²) >= 11 is 0. The lowest BCUT2D eigenvalue weighted by molar-refractivity contribution is -0.119. The van der Waals surface area contributed by atoms with Gasteiger partial charge in [0.1, 0.15) is 0 Å². The lowest BCUT2D eigenvalue weighted by Crippen LogP contribution is -2.46. The molecule has 174 valence electrons. The predicted octanol–water partition coefficient (Wildman–Crippen LogP) is 3.30. The van der Waals surface area contributed by atoms with Crippen LogP contribution in [0.1, 0.15) is 70.5 Å². The Labute approximate surface area is 188 Å². The molecule has 1 atom stereocenters. The molecule has 3 aliphatic rings. The number of nitrogens with one attached hydrogen (secondary N) is 1. The van der Waals surface area contributed by atoms with E-state index in [0.717, 1.165) is 45.3 Å². The van der Waals surface area contributed by atoms with Crippen LogP contribution >= 0.6 is 0 Å². The minimum absolute atomic E-state index is 0. The van der Waals surface area contributed by atoms with Crippen molar-refractivity contribution >= 4 is 15.9 Å². The summed E-state index contributed by atoms with van der Waals surface area (Å²) in [6.07, 6.45) is 9.00. The van der Waals surface area contributed by atoms with E-state index in [-0.39, 0.29) is 18.8 Å². The van der Waals surface area contributed by atoms with Gasteiger partial charge in [0, 0.05) is 21.4 Å². The minimum atomic E-state index is -3.04. The normalized spacial score (nSPS) is 25.3. The van der Waals surface area contributed by atoms with Gasteiger partial charge in [-0.15, -0.1) is 0 Å². The van der Waals surface area contributed by atoms with E-state index < -0.39 is 10.0 Å². The van der Waals surface area contributed by atoms with Gasteiger partial charge in [-0.3, -0.25) is 4.79 Å². The van der Waals surface area contributed by atoms with Gasteiger partial charge >= 0.3 is 0 Å². The molecule has 0 bridgehead atoms. The number of carbonyl (C=O) groups excluding carboxylic acids is 1. The first-order valence-electron chi connectivity index (χ1n) is 11.8. The molecule has 31 heavy (non-hydrogen) atoms. The fraction of sp³-hybridized carbons (Fsp3) is 0.708. The standard InChI is InChI=1S/C24H37N3O3S.H2/c1-19(28)25-23-7-11-24(22-6-4-3-5-21(22)23)12-17-26(18-13-24)14-8-20-9-15-27(16-10-20)31(2,29)30;/h3-6,20,23H,7-18H2,1-2H3,(H,25,28);1H. The van der Waals surface area contributed by atoms with Gasteiger partial charge in [-0.05, 0) is 87.0 Å². The van der Waals surface area contributed by atoms with Crippen LogP contribution in [0.3, 0.4) is 0 Å². The number of benzene rings is 1. The number of rotatable bonds is 5. The van der Waals surface area contributed by atoms with Gasteiger partial charge in [0.2, 0.25) is 15.9 Å². The van der Waals surface area contributed by atoms with Crippen LogP contribution in [-0.2, 0) is 20.2 Å². The Morgan fingerprint density at radius 3 is 2.42 bits per heavy atom. The van der Waals surface area contributed by atoms with Gasteiger partial charge < -0.3 is 10.2 Å². The Morgan fingerprint density at radius 2 is 1.77 bits per heavy atom. The summed E-state index contributed by atoms with van der Waals surface area (Å²) in [5, 5.41) is 3.15. The van der Waals surface area contributed by atoms with Crippen LogP contribution in [0.5, 0.6) is 0 Å². The first-order chi connectivity index (χ1) is 14.8. The van der Waals surface area contributed by atoms with Gasteiger partial charge in [0.05, 0.1) is 12.3 Å². The van der Waals surface area contributed by atoms with E-state index in [1.165, 1.54) is 36.6 Å². The Hall–Kier alpha value is -1.44. The molecule has 2 fully saturated rings. The molecule has 1 aromatic carbocycles. The first kappa shape index (κ1) is 22.7. The molecular weight excluding hydrogens is 410 g/mol. The molecule has 0 saturated carbocycles. The Balaban J connectivity index is 0.00000289. The quantitative estimate of drug-likeness (QED) is 0.749. The first-order valence-corrected chi connectivity index (χ1v) is 13.7. The zero-order valence-corrected chi connectivity index (χ0v) is 19.8. The van der Waals surface area contributed by atoms with Crippen LogP contribution in [0, 0.1) is 5.92 Å². The second kappa shape index (κ2) is 9.20. The fourth-order valence-electron chi connectivity index (χ4n) is 6.01. The molecule has 1 spiro atoms. The van der Waals surface area contributed by atoms with E-state index >= 15 is 0 Å². The van der Waals surface area contributed by atoms with Gasteiger partial charge in [-0.1, -0.05) is 24.3 Å². The molecule has 7 heteroatoms. The molecule has 0 radical (unpaired) electrons. The fourth-order valence-corrected chi connectivity index (χ4v) is 6.88. The average molecular weight is 450 g/mol. The van der Waals surface area contributed by atoms with Gasteiger partial charge in [-0.2, -0.15) is 0 Å². The van der Waals surface area contributed by atoms with Crippen LogP contribution in [-0.4, -0.2) is 62.5 Å². The van der Waals surface area contributed by atoms with Gasteiger partial charge in [0.25, 0.3) is 0 Å². The number of likely N-dealkylation sites (tertiary alicyclic amines) is 1. The maximum Gasteiger partial charge on any atom is 0.217 e. The number of piperidine rings is 2. The molecule has 1 N–H and O–H groups in total. The number of nitrogens with zero attached hydrogens (tertiary/aromatic N) is 2. The SMILES string of the molecule is CC(=O)NC1CCC2(CCN(CCC3CCN(S(C)(=O)=O)CC3)CC2)c2ccccc21.[HH]. The summed E-state index contributed by atoms with van der Waals surface area (Å²) in [6.45, 7) is 6.34. The van der Waals surface area contributed by atoms with Gasteiger partial charge in [-0.25, -0.2) is 12.7 Å². The lowest BCUT2D eigenvalue weighted by atomic mass is 9.63. The summed E-state index contributed by atoms with van der Waals surface area (Å²) in [6, 6.07) is 8.87. The summed E-state index contributed by atoms with van der Waals surface area (Å²) in [5.74, 6) is 0.690. The summed E-state index contributed by atoms with van der Waals surface area (Å²) in [7, 11) is -3.04. The highest BCUT2D eigenvalue weighted by Gasteiger charge is 2.42. The molecular formula is C24H39N3O3S. The molecule has 1 aromatic rings. The maximum absolute atomic E-state index is 11.7. The van der Waals surface area contributed by atoms with Crippen molar-refractivity contribution in [2.45, 2.75) is 63.3 Å². The van der Waals surface area contributed by atoms with Crippen LogP contribution in [0.2, 0.25) is 0 Å². The topological polar surface area (TPSA) is 69.7 Å². The van der Waals surface area contributed by atoms with Crippen molar-refractivity contribution in [3.8, 4) is 0 Å². The summed E-state index contributed by atoms with van der Waals surface area (Å²) < 4.78 is 25.0. The van der Waals surface area contributed by atoms with Crippen molar-refractivity contribution in [2.75, 3.05) is 39.0 Å². The molecule has 0 aromatic heterocycles. The summed E-state index contributed by atoms with van der Waals surface area (Å²) in [5.41, 5.74) is 3.02. The van der Waals surface area contributed by atoms with Crippen LogP contribution in [0.4, 0.5) is 0 Å². The van der Waals surface area contributed by atoms with Crippen LogP contribution < -0.4 is 5.32 Å². The molecule has 1 unspecified atom stereocenters. The number of amides is 1. The van der Waals surface area contributed by atoms with E-state index in [1.807, 2.05) is 0 Å². The maximum atomic E-state index is 11.7. The average Bonchev–Trinajstić information content (AvgIpc) is 2.75. The molecule has 6 nitrogen and oxygen atoms in total. The highest BCUT2D eigenvalue weighted by atomic mass is 32.2.